The summed E-state index contributed by atoms with van der Waals surface area (Å²) in [7, 11) is 0. The topological polar surface area (TPSA) is 28.7 Å². The monoisotopic (exact) mass is 244 g/mol. The zero-order valence-electron chi connectivity index (χ0n) is 11.7. The van der Waals surface area contributed by atoms with E-state index in [9.17, 15) is 5.26 Å². The average Bonchev–Trinajstić information content (AvgIpc) is 2.72. The van der Waals surface area contributed by atoms with Crippen LogP contribution in [0.5, 0.6) is 0 Å². The highest BCUT2D eigenvalue weighted by Crippen LogP contribution is 2.27. The molecule has 2 nitrogen and oxygen atoms in total. The Balaban J connectivity index is 2.11. The lowest BCUT2D eigenvalue weighted by Gasteiger charge is -2.22. The van der Waals surface area contributed by atoms with Crippen molar-refractivity contribution in [2.75, 3.05) is 0 Å². The fourth-order valence-corrected chi connectivity index (χ4v) is 3.05. The van der Waals surface area contributed by atoms with Gasteiger partial charge in [0.2, 0.25) is 0 Å². The van der Waals surface area contributed by atoms with Crippen LogP contribution in [0.15, 0.2) is 12.1 Å². The predicted octanol–water partition coefficient (Wildman–Crippen LogP) is 4.14. The molecular formula is C16H24N2. The van der Waals surface area contributed by atoms with Crippen molar-refractivity contribution < 1.29 is 0 Å². The lowest BCUT2D eigenvalue weighted by Crippen LogP contribution is -2.15. The van der Waals surface area contributed by atoms with Crippen LogP contribution >= 0.6 is 0 Å². The molecule has 1 aliphatic rings. The van der Waals surface area contributed by atoms with E-state index in [0.29, 0.717) is 5.92 Å². The van der Waals surface area contributed by atoms with E-state index in [4.69, 9.17) is 0 Å². The van der Waals surface area contributed by atoms with Crippen molar-refractivity contribution in [3.8, 4) is 6.07 Å². The van der Waals surface area contributed by atoms with Gasteiger partial charge in [-0.2, -0.15) is 5.26 Å². The molecule has 1 fully saturated rings. The smallest absolute Gasteiger partial charge is 0.120 e. The summed E-state index contributed by atoms with van der Waals surface area (Å²) in [4.78, 5) is 0. The molecule has 0 atom stereocenters. The first kappa shape index (κ1) is 13.2. The second-order valence-corrected chi connectivity index (χ2v) is 6.03. The number of nitriles is 1. The first-order chi connectivity index (χ1) is 8.70. The van der Waals surface area contributed by atoms with E-state index >= 15 is 0 Å². The summed E-state index contributed by atoms with van der Waals surface area (Å²) in [5, 5.41) is 9.18. The lowest BCUT2D eigenvalue weighted by molar-refractivity contribution is 0.348. The van der Waals surface area contributed by atoms with Crippen LogP contribution in [-0.2, 0) is 13.0 Å². The summed E-state index contributed by atoms with van der Waals surface area (Å²) in [5.41, 5.74) is 2.20. The van der Waals surface area contributed by atoms with E-state index in [0.717, 1.165) is 24.6 Å². The van der Waals surface area contributed by atoms with Crippen LogP contribution in [0.25, 0.3) is 0 Å². The highest BCUT2D eigenvalue weighted by Gasteiger charge is 2.17. The third-order valence-corrected chi connectivity index (χ3v) is 3.96. The van der Waals surface area contributed by atoms with Gasteiger partial charge in [-0.1, -0.05) is 46.0 Å². The Morgan fingerprint density at radius 3 is 2.61 bits per heavy atom. The van der Waals surface area contributed by atoms with Crippen LogP contribution < -0.4 is 0 Å². The molecule has 0 N–H and O–H groups in total. The van der Waals surface area contributed by atoms with Crippen LogP contribution in [0, 0.1) is 23.2 Å². The van der Waals surface area contributed by atoms with Crippen LogP contribution in [0.4, 0.5) is 0 Å². The van der Waals surface area contributed by atoms with Crippen molar-refractivity contribution in [1.82, 2.24) is 4.57 Å². The van der Waals surface area contributed by atoms with Crippen molar-refractivity contribution >= 4 is 0 Å². The highest BCUT2D eigenvalue weighted by molar-refractivity contribution is 5.27. The Morgan fingerprint density at radius 2 is 2.00 bits per heavy atom. The maximum absolute atomic E-state index is 9.18. The third-order valence-electron chi connectivity index (χ3n) is 3.96. The summed E-state index contributed by atoms with van der Waals surface area (Å²) >= 11 is 0. The Bertz CT molecular complexity index is 417. The van der Waals surface area contributed by atoms with Gasteiger partial charge in [-0.15, -0.1) is 0 Å². The third kappa shape index (κ3) is 3.16. The van der Waals surface area contributed by atoms with Gasteiger partial charge < -0.3 is 4.57 Å². The Hall–Kier alpha value is -1.23. The maximum atomic E-state index is 9.18. The van der Waals surface area contributed by atoms with E-state index in [-0.39, 0.29) is 0 Å². The molecule has 0 radical (unpaired) electrons. The minimum Gasteiger partial charge on any atom is -0.336 e. The predicted molar refractivity (Wildman–Crippen MR) is 74.3 cm³/mol. The van der Waals surface area contributed by atoms with Crippen LogP contribution in [-0.4, -0.2) is 4.57 Å². The number of hydrogen-bond donors (Lipinski definition) is 0. The van der Waals surface area contributed by atoms with Crippen LogP contribution in [0.3, 0.4) is 0 Å². The normalized spacial score (nSPS) is 17.0. The average molecular weight is 244 g/mol. The van der Waals surface area contributed by atoms with Gasteiger partial charge in [0, 0.05) is 12.2 Å². The first-order valence-corrected chi connectivity index (χ1v) is 7.29. The maximum Gasteiger partial charge on any atom is 0.120 e. The van der Waals surface area contributed by atoms with E-state index in [1.54, 1.807) is 0 Å². The zero-order valence-corrected chi connectivity index (χ0v) is 11.7. The quantitative estimate of drug-likeness (QED) is 0.782. The summed E-state index contributed by atoms with van der Waals surface area (Å²) in [5.74, 6) is 1.43. The largest absolute Gasteiger partial charge is 0.336 e. The zero-order chi connectivity index (χ0) is 13.0. The van der Waals surface area contributed by atoms with Gasteiger partial charge in [0.05, 0.1) is 0 Å². The second-order valence-electron chi connectivity index (χ2n) is 6.03. The summed E-state index contributed by atoms with van der Waals surface area (Å²) in [6.07, 6.45) is 8.09. The van der Waals surface area contributed by atoms with Crippen LogP contribution in [0.2, 0.25) is 0 Å². The molecule has 1 aliphatic carbocycles. The van der Waals surface area contributed by atoms with Gasteiger partial charge in [0.1, 0.15) is 11.8 Å². The van der Waals surface area contributed by atoms with Gasteiger partial charge in [0.15, 0.2) is 0 Å². The number of rotatable bonds is 4. The first-order valence-electron chi connectivity index (χ1n) is 7.29. The summed E-state index contributed by atoms with van der Waals surface area (Å²) < 4.78 is 2.24. The molecule has 1 aromatic heterocycles. The standard InChI is InChI=1S/C16H24N2/c1-13(2)12-18-15(8-9-16(18)11-17)10-14-6-4-3-5-7-14/h8-9,13-14H,3-7,10,12H2,1-2H3. The van der Waals surface area contributed by atoms with Crippen molar-refractivity contribution in [2.24, 2.45) is 11.8 Å². The SMILES string of the molecule is CC(C)Cn1c(C#N)ccc1CC1CCCCC1. The van der Waals surface area contributed by atoms with Crippen molar-refractivity contribution in [1.29, 1.82) is 5.26 Å². The van der Waals surface area contributed by atoms with E-state index in [1.165, 1.54) is 37.8 Å². The molecule has 2 rings (SSSR count). The molecule has 0 spiro atoms. The number of nitrogens with zero attached hydrogens (tertiary/aromatic N) is 2. The lowest BCUT2D eigenvalue weighted by atomic mass is 9.86. The van der Waals surface area contributed by atoms with Gasteiger partial charge in [-0.25, -0.2) is 0 Å². The van der Waals surface area contributed by atoms with E-state index in [1.807, 2.05) is 6.07 Å². The molecule has 0 bridgehead atoms. The van der Waals surface area contributed by atoms with Crippen LogP contribution in [0.1, 0.15) is 57.3 Å². The van der Waals surface area contributed by atoms with Gasteiger partial charge in [-0.3, -0.25) is 0 Å². The van der Waals surface area contributed by atoms with Crippen molar-refractivity contribution in [2.45, 2.75) is 58.9 Å². The van der Waals surface area contributed by atoms with E-state index < -0.39 is 0 Å². The van der Waals surface area contributed by atoms with Crippen molar-refractivity contribution in [3.63, 3.8) is 0 Å². The number of hydrogen-bond acceptors (Lipinski definition) is 1. The molecule has 1 aromatic rings. The molecule has 1 heterocycles. The molecule has 98 valence electrons. The Kier molecular flexibility index (Phi) is 4.47. The summed E-state index contributed by atoms with van der Waals surface area (Å²) in [6, 6.07) is 6.47. The molecule has 2 heteroatoms. The fraction of sp³-hybridized carbons (Fsp3) is 0.688. The highest BCUT2D eigenvalue weighted by atomic mass is 15.0. The molecule has 0 aromatic carbocycles. The van der Waals surface area contributed by atoms with Gasteiger partial charge in [0.25, 0.3) is 0 Å². The van der Waals surface area contributed by atoms with Crippen molar-refractivity contribution in [3.05, 3.63) is 23.5 Å². The minimum absolute atomic E-state index is 0.592. The molecule has 0 amide bonds. The van der Waals surface area contributed by atoms with Gasteiger partial charge >= 0.3 is 0 Å². The fourth-order valence-electron chi connectivity index (χ4n) is 3.05. The number of aromatic nitrogens is 1. The molecule has 1 saturated carbocycles. The van der Waals surface area contributed by atoms with E-state index in [2.05, 4.69) is 30.6 Å². The molecule has 0 unspecified atom stereocenters. The van der Waals surface area contributed by atoms with Gasteiger partial charge in [-0.05, 0) is 30.4 Å². The molecular weight excluding hydrogens is 220 g/mol. The molecule has 0 saturated heterocycles. The molecule has 18 heavy (non-hydrogen) atoms. The minimum atomic E-state index is 0.592. The second kappa shape index (κ2) is 6.09. The summed E-state index contributed by atoms with van der Waals surface area (Å²) in [6.45, 7) is 5.40. The molecule has 0 aliphatic heterocycles. The Morgan fingerprint density at radius 1 is 1.28 bits per heavy atom. The Labute approximate surface area is 111 Å².